The molecule has 3 aliphatic heterocycles. The third-order valence-electron chi connectivity index (χ3n) is 9.67. The van der Waals surface area contributed by atoms with E-state index < -0.39 is 39.7 Å². The van der Waals surface area contributed by atoms with E-state index in [0.717, 1.165) is 30.0 Å². The lowest BCUT2D eigenvalue weighted by Gasteiger charge is -2.37. The summed E-state index contributed by atoms with van der Waals surface area (Å²) in [6, 6.07) is -0.352. The molecule has 5 aliphatic rings. The molecule has 0 unspecified atom stereocenters. The van der Waals surface area contributed by atoms with Gasteiger partial charge in [0.15, 0.2) is 6.10 Å². The number of carbonyl (C=O) groups excluding carboxylic acids is 1. The van der Waals surface area contributed by atoms with Crippen LogP contribution in [-0.4, -0.2) is 77.3 Å². The highest BCUT2D eigenvalue weighted by molar-refractivity contribution is 7.90. The van der Waals surface area contributed by atoms with Crippen molar-refractivity contribution in [2.24, 2.45) is 16.7 Å². The monoisotopic (exact) mass is 471 g/mol. The summed E-state index contributed by atoms with van der Waals surface area (Å²) in [6.07, 6.45) is 2.46. The molecular weight excluding hydrogens is 434 g/mol. The minimum Gasteiger partial charge on any atom is -0.390 e. The molecule has 1 spiro atoms. The van der Waals surface area contributed by atoms with Crippen LogP contribution in [0, 0.1) is 16.7 Å². The first kappa shape index (κ1) is 23.0. The van der Waals surface area contributed by atoms with Gasteiger partial charge >= 0.3 is 0 Å². The molecule has 8 nitrogen and oxygen atoms in total. The van der Waals surface area contributed by atoms with Crippen molar-refractivity contribution in [2.75, 3.05) is 5.75 Å². The average Bonchev–Trinajstić information content (AvgIpc) is 3.52. The number of hydrogen-bond acceptors (Lipinski definition) is 7. The van der Waals surface area contributed by atoms with Crippen molar-refractivity contribution in [1.29, 1.82) is 0 Å². The number of amides is 1. The number of carbonyl (C=O) groups is 1. The molecule has 3 saturated heterocycles. The van der Waals surface area contributed by atoms with Gasteiger partial charge in [0.05, 0.1) is 42.3 Å². The van der Waals surface area contributed by atoms with Crippen LogP contribution in [0.25, 0.3) is 0 Å². The van der Waals surface area contributed by atoms with Crippen LogP contribution >= 0.6 is 0 Å². The molecule has 1 amide bonds. The fourth-order valence-corrected chi connectivity index (χ4v) is 10.1. The molecule has 9 atom stereocenters. The lowest BCUT2D eigenvalue weighted by atomic mass is 9.69. The number of aliphatic hydroxyl groups excluding tert-OH is 2. The number of hydrogen-bond donors (Lipinski definition) is 2. The van der Waals surface area contributed by atoms with Gasteiger partial charge in [-0.1, -0.05) is 20.8 Å². The van der Waals surface area contributed by atoms with E-state index in [2.05, 4.69) is 13.8 Å². The van der Waals surface area contributed by atoms with E-state index in [1.165, 1.54) is 0 Å². The van der Waals surface area contributed by atoms with E-state index in [1.54, 1.807) is 0 Å². The Hall–Kier alpha value is -0.740. The zero-order chi connectivity index (χ0) is 23.1. The van der Waals surface area contributed by atoms with Crippen LogP contribution in [0.4, 0.5) is 0 Å². The Bertz CT molecular complexity index is 876. The van der Waals surface area contributed by atoms with E-state index in [-0.39, 0.29) is 35.5 Å². The molecule has 3 heterocycles. The summed E-state index contributed by atoms with van der Waals surface area (Å²) in [5.74, 6) is -0.321. The molecule has 5 fully saturated rings. The van der Waals surface area contributed by atoms with Gasteiger partial charge in [0.2, 0.25) is 10.0 Å². The van der Waals surface area contributed by atoms with Gasteiger partial charge in [0.25, 0.3) is 5.91 Å². The van der Waals surface area contributed by atoms with Crippen LogP contribution in [0.5, 0.6) is 0 Å². The third kappa shape index (κ3) is 3.14. The number of aliphatic hydroxyl groups is 2. The van der Waals surface area contributed by atoms with Gasteiger partial charge in [0.1, 0.15) is 0 Å². The molecule has 2 N–H and O–H groups in total. The minimum absolute atomic E-state index is 0.00215. The fourth-order valence-electron chi connectivity index (χ4n) is 7.57. The lowest BCUT2D eigenvalue weighted by Crippen LogP contribution is -2.50. The fraction of sp³-hybridized carbons (Fsp3) is 0.957. The number of nitrogens with zero attached hydrogens (tertiary/aromatic N) is 1. The Balaban J connectivity index is 1.27. The van der Waals surface area contributed by atoms with Crippen molar-refractivity contribution in [2.45, 2.75) is 115 Å². The second kappa shape index (κ2) is 7.63. The van der Waals surface area contributed by atoms with E-state index in [4.69, 9.17) is 9.47 Å². The SMILES string of the molecule is CC[C@H](O)[C@H]1CC[C@H]([C@H]2CC[C@@H]([C@@H](O)C(=O)N3[C@H]4C[C@@H]5CC[C@@]4(CS3(=O)=O)C5(C)C)O2)O1. The lowest BCUT2D eigenvalue weighted by molar-refractivity contribution is -0.150. The number of sulfonamides is 1. The zero-order valence-electron chi connectivity index (χ0n) is 19.3. The minimum atomic E-state index is -3.77. The summed E-state index contributed by atoms with van der Waals surface area (Å²) in [4.78, 5) is 13.3. The van der Waals surface area contributed by atoms with Crippen LogP contribution in [0.2, 0.25) is 0 Å². The Labute approximate surface area is 190 Å². The van der Waals surface area contributed by atoms with Crippen molar-refractivity contribution < 1.29 is 32.9 Å². The Morgan fingerprint density at radius 3 is 2.31 bits per heavy atom. The molecule has 182 valence electrons. The highest BCUT2D eigenvalue weighted by Crippen LogP contribution is 2.70. The van der Waals surface area contributed by atoms with Crippen molar-refractivity contribution >= 4 is 15.9 Å². The van der Waals surface area contributed by atoms with Crippen molar-refractivity contribution in [1.82, 2.24) is 4.31 Å². The largest absolute Gasteiger partial charge is 0.390 e. The van der Waals surface area contributed by atoms with Crippen LogP contribution in [0.1, 0.15) is 72.1 Å². The van der Waals surface area contributed by atoms with E-state index >= 15 is 0 Å². The summed E-state index contributed by atoms with van der Waals surface area (Å²) >= 11 is 0. The molecule has 32 heavy (non-hydrogen) atoms. The highest BCUT2D eigenvalue weighted by atomic mass is 32.2. The quantitative estimate of drug-likeness (QED) is 0.626. The molecule has 9 heteroatoms. The van der Waals surface area contributed by atoms with Crippen molar-refractivity contribution in [3.63, 3.8) is 0 Å². The second-order valence-electron chi connectivity index (χ2n) is 11.3. The zero-order valence-corrected chi connectivity index (χ0v) is 20.1. The maximum absolute atomic E-state index is 13.3. The standard InChI is InChI=1S/C23H37NO7S/c1-4-14(25)15-5-6-16(30-15)17-7-8-18(31-17)20(26)21(27)24-19-11-13-9-10-23(19,22(13,2)3)12-32(24,28)29/h13-20,25-26H,4-12H2,1-3H3/t13-,14-,15+,16+,17+,18-,19-,20+,23-/m0/s1. The van der Waals surface area contributed by atoms with Crippen molar-refractivity contribution in [3.8, 4) is 0 Å². The maximum atomic E-state index is 13.3. The van der Waals surface area contributed by atoms with Gasteiger partial charge in [-0.2, -0.15) is 0 Å². The average molecular weight is 472 g/mol. The molecule has 0 aromatic heterocycles. The molecule has 2 bridgehead atoms. The van der Waals surface area contributed by atoms with Crippen LogP contribution in [-0.2, 0) is 24.3 Å². The Kier molecular flexibility index (Phi) is 5.49. The first-order valence-corrected chi connectivity index (χ1v) is 13.9. The van der Waals surface area contributed by atoms with Gasteiger partial charge in [-0.05, 0) is 62.7 Å². The molecular formula is C23H37NO7S. The first-order valence-electron chi connectivity index (χ1n) is 12.2. The molecule has 5 rings (SSSR count). The summed E-state index contributed by atoms with van der Waals surface area (Å²) < 4.78 is 39.3. The van der Waals surface area contributed by atoms with Gasteiger partial charge < -0.3 is 19.7 Å². The number of ether oxygens (including phenoxy) is 2. The second-order valence-corrected chi connectivity index (χ2v) is 13.1. The summed E-state index contributed by atoms with van der Waals surface area (Å²) in [6.45, 7) is 6.19. The van der Waals surface area contributed by atoms with Crippen LogP contribution < -0.4 is 0 Å². The van der Waals surface area contributed by atoms with Gasteiger partial charge in [-0.25, -0.2) is 12.7 Å². The number of fused-ring (bicyclic) bond motifs is 1. The third-order valence-corrected chi connectivity index (χ3v) is 11.6. The van der Waals surface area contributed by atoms with Crippen molar-refractivity contribution in [3.05, 3.63) is 0 Å². The van der Waals surface area contributed by atoms with E-state index in [9.17, 15) is 23.4 Å². The van der Waals surface area contributed by atoms with E-state index in [1.807, 2.05) is 6.92 Å². The van der Waals surface area contributed by atoms with Crippen LogP contribution in [0.3, 0.4) is 0 Å². The summed E-state index contributed by atoms with van der Waals surface area (Å²) in [5, 5.41) is 21.0. The van der Waals surface area contributed by atoms with Gasteiger partial charge in [-0.15, -0.1) is 0 Å². The molecule has 0 aromatic carbocycles. The molecule has 2 saturated carbocycles. The van der Waals surface area contributed by atoms with Gasteiger partial charge in [-0.3, -0.25) is 4.79 Å². The summed E-state index contributed by atoms with van der Waals surface area (Å²) in [5.41, 5.74) is -0.531. The number of rotatable bonds is 5. The Morgan fingerprint density at radius 2 is 1.69 bits per heavy atom. The van der Waals surface area contributed by atoms with E-state index in [0.29, 0.717) is 31.6 Å². The maximum Gasteiger partial charge on any atom is 0.267 e. The van der Waals surface area contributed by atoms with Crippen LogP contribution in [0.15, 0.2) is 0 Å². The molecule has 0 aromatic rings. The molecule has 0 radical (unpaired) electrons. The Morgan fingerprint density at radius 1 is 1.06 bits per heavy atom. The topological polar surface area (TPSA) is 113 Å². The van der Waals surface area contributed by atoms with Gasteiger partial charge in [0, 0.05) is 5.41 Å². The summed E-state index contributed by atoms with van der Waals surface area (Å²) in [7, 11) is -3.77. The normalized spacial score (nSPS) is 45.8. The smallest absolute Gasteiger partial charge is 0.267 e. The molecule has 2 aliphatic carbocycles. The predicted molar refractivity (Wildman–Crippen MR) is 116 cm³/mol. The first-order chi connectivity index (χ1) is 15.0. The predicted octanol–water partition coefficient (Wildman–Crippen LogP) is 1.58. The highest BCUT2D eigenvalue weighted by Gasteiger charge is 2.72.